The highest BCUT2D eigenvalue weighted by Crippen LogP contribution is 2.35. The van der Waals surface area contributed by atoms with Gasteiger partial charge in [-0.05, 0) is 24.6 Å². The molecule has 0 aliphatic carbocycles. The van der Waals surface area contributed by atoms with E-state index in [0.29, 0.717) is 18.8 Å². The second kappa shape index (κ2) is 8.77. The molecule has 0 saturated heterocycles. The molecule has 0 saturated carbocycles. The Morgan fingerprint density at radius 1 is 1.10 bits per heavy atom. The third-order valence-corrected chi connectivity index (χ3v) is 7.34. The van der Waals surface area contributed by atoms with Gasteiger partial charge in [-0.25, -0.2) is 21.6 Å². The summed E-state index contributed by atoms with van der Waals surface area (Å²) in [6.45, 7) is 1.34. The average Bonchev–Trinajstić information content (AvgIpc) is 2.52. The average molecular weight is 487 g/mol. The minimum atomic E-state index is -4.39. The molecule has 30 heavy (non-hydrogen) atoms. The first-order valence-electron chi connectivity index (χ1n) is 7.97. The van der Waals surface area contributed by atoms with Gasteiger partial charge in [-0.2, -0.15) is 12.1 Å². The summed E-state index contributed by atoms with van der Waals surface area (Å²) in [5.74, 6) is -1.41. The highest BCUT2D eigenvalue weighted by Gasteiger charge is 2.36. The Balaban J connectivity index is 3.70. The Bertz CT molecular complexity index is 1110. The minimum Gasteiger partial charge on any atom is -0.467 e. The highest BCUT2D eigenvalue weighted by molar-refractivity contribution is 8.09. The van der Waals surface area contributed by atoms with E-state index in [2.05, 4.69) is 10.1 Å². The van der Waals surface area contributed by atoms with E-state index in [-0.39, 0.29) is 22.1 Å². The van der Waals surface area contributed by atoms with Crippen LogP contribution >= 0.6 is 0 Å². The van der Waals surface area contributed by atoms with Crippen LogP contribution < -0.4 is 13.2 Å². The van der Waals surface area contributed by atoms with Crippen molar-refractivity contribution in [3.63, 3.8) is 0 Å². The van der Waals surface area contributed by atoms with Crippen LogP contribution in [0.4, 0.5) is 5.69 Å². The Hall–Kier alpha value is -2.39. The van der Waals surface area contributed by atoms with E-state index in [1.807, 2.05) is 0 Å². The molecule has 0 heterocycles. The number of benzene rings is 1. The Morgan fingerprint density at radius 3 is 2.03 bits per heavy atom. The zero-order valence-corrected chi connectivity index (χ0v) is 19.2. The van der Waals surface area contributed by atoms with E-state index in [0.717, 1.165) is 19.2 Å². The number of sulfonamides is 2. The van der Waals surface area contributed by atoms with Crippen molar-refractivity contribution in [2.24, 2.45) is 0 Å². The standard InChI is InChI=1S/C15H22N2O10S3/c1-15(16-10-18,14(19)26-2)9-11-6-7-12(13(8-11)27-30(5,24)25)17(28(3,20)21)29(4,22)23/h6-8,10H,9H2,1-5H3,(H,16,18)/t15-/m0/s1. The van der Waals surface area contributed by atoms with Crippen LogP contribution in [0.2, 0.25) is 0 Å². The molecule has 0 unspecified atom stereocenters. The first-order chi connectivity index (χ1) is 13.4. The number of nitrogens with zero attached hydrogens (tertiary/aromatic N) is 1. The summed E-state index contributed by atoms with van der Waals surface area (Å²) in [6, 6.07) is 3.31. The molecule has 1 N–H and O–H groups in total. The Kier molecular flexibility index (Phi) is 7.50. The van der Waals surface area contributed by atoms with Gasteiger partial charge in [0.1, 0.15) is 11.2 Å². The van der Waals surface area contributed by atoms with Crippen LogP contribution in [0.15, 0.2) is 18.2 Å². The SMILES string of the molecule is COC(=O)[C@](C)(Cc1ccc(N(S(C)(=O)=O)S(C)(=O)=O)c(OS(C)(=O)=O)c1)NC=O. The Labute approximate surface area is 175 Å². The van der Waals surface area contributed by atoms with Gasteiger partial charge in [0.25, 0.3) is 0 Å². The predicted octanol–water partition coefficient (Wildman–Crippen LogP) is -1.03. The number of carbonyl (C=O) groups is 2. The molecule has 1 rings (SSSR count). The largest absolute Gasteiger partial charge is 0.467 e. The lowest BCUT2D eigenvalue weighted by atomic mass is 9.92. The van der Waals surface area contributed by atoms with Crippen LogP contribution in [-0.4, -0.2) is 69.0 Å². The van der Waals surface area contributed by atoms with E-state index >= 15 is 0 Å². The summed E-state index contributed by atoms with van der Waals surface area (Å²) >= 11 is 0. The molecule has 0 aliphatic rings. The van der Waals surface area contributed by atoms with Gasteiger partial charge < -0.3 is 14.2 Å². The number of amides is 1. The van der Waals surface area contributed by atoms with Crippen molar-refractivity contribution in [3.05, 3.63) is 23.8 Å². The molecule has 170 valence electrons. The second-order valence-electron chi connectivity index (χ2n) is 6.58. The summed E-state index contributed by atoms with van der Waals surface area (Å²) in [5.41, 5.74) is -1.91. The topological polar surface area (TPSA) is 170 Å². The van der Waals surface area contributed by atoms with E-state index in [1.165, 1.54) is 13.0 Å². The molecule has 12 nitrogen and oxygen atoms in total. The fourth-order valence-electron chi connectivity index (χ4n) is 2.60. The van der Waals surface area contributed by atoms with Gasteiger partial charge in [0.15, 0.2) is 5.75 Å². The summed E-state index contributed by atoms with van der Waals surface area (Å²) in [7, 11) is -11.9. The molecule has 1 atom stereocenters. The number of hydrogen-bond acceptors (Lipinski definition) is 10. The molecule has 0 aliphatic heterocycles. The minimum absolute atomic E-state index is 0.0213. The third-order valence-electron chi connectivity index (χ3n) is 3.64. The predicted molar refractivity (Wildman–Crippen MR) is 107 cm³/mol. The fraction of sp³-hybridized carbons (Fsp3) is 0.467. The quantitative estimate of drug-likeness (QED) is 0.245. The molecule has 0 bridgehead atoms. The maximum absolute atomic E-state index is 12.1. The summed E-state index contributed by atoms with van der Waals surface area (Å²) in [5, 5.41) is 2.30. The normalized spacial score (nSPS) is 14.3. The monoisotopic (exact) mass is 486 g/mol. The molecule has 0 spiro atoms. The van der Waals surface area contributed by atoms with Gasteiger partial charge in [0.2, 0.25) is 26.5 Å². The van der Waals surface area contributed by atoms with E-state index in [4.69, 9.17) is 4.18 Å². The molecule has 0 radical (unpaired) electrons. The molecule has 0 aromatic heterocycles. The van der Waals surface area contributed by atoms with Crippen LogP contribution in [0.3, 0.4) is 0 Å². The number of hydrogen-bond donors (Lipinski definition) is 1. The van der Waals surface area contributed by atoms with Crippen molar-refractivity contribution >= 4 is 48.2 Å². The van der Waals surface area contributed by atoms with Crippen LogP contribution in [0.1, 0.15) is 12.5 Å². The van der Waals surface area contributed by atoms with Gasteiger partial charge >= 0.3 is 16.1 Å². The van der Waals surface area contributed by atoms with E-state index < -0.39 is 53.1 Å². The molecular formula is C15H22N2O10S3. The number of rotatable bonds is 10. The van der Waals surface area contributed by atoms with Crippen molar-refractivity contribution in [3.8, 4) is 5.75 Å². The molecule has 0 fully saturated rings. The van der Waals surface area contributed by atoms with Crippen LogP contribution in [0.25, 0.3) is 0 Å². The number of anilines is 1. The zero-order chi connectivity index (χ0) is 23.5. The van der Waals surface area contributed by atoms with Gasteiger partial charge in [0, 0.05) is 6.42 Å². The van der Waals surface area contributed by atoms with E-state index in [9.17, 15) is 34.8 Å². The first-order valence-corrected chi connectivity index (χ1v) is 13.5. The molecule has 1 aromatic carbocycles. The van der Waals surface area contributed by atoms with Crippen molar-refractivity contribution in [1.82, 2.24) is 5.32 Å². The van der Waals surface area contributed by atoms with Crippen molar-refractivity contribution in [1.29, 1.82) is 0 Å². The summed E-state index contributed by atoms with van der Waals surface area (Å²) in [6.07, 6.45) is 1.98. The van der Waals surface area contributed by atoms with E-state index in [1.54, 1.807) is 0 Å². The summed E-state index contributed by atoms with van der Waals surface area (Å²) in [4.78, 5) is 22.9. The molecule has 1 amide bonds. The van der Waals surface area contributed by atoms with Crippen LogP contribution in [0.5, 0.6) is 5.75 Å². The van der Waals surface area contributed by atoms with Gasteiger partial charge in [-0.1, -0.05) is 6.07 Å². The maximum atomic E-state index is 12.1. The number of ether oxygens (including phenoxy) is 1. The lowest BCUT2D eigenvalue weighted by Gasteiger charge is -2.27. The Morgan fingerprint density at radius 2 is 1.63 bits per heavy atom. The first kappa shape index (κ1) is 25.6. The molecule has 1 aromatic rings. The zero-order valence-electron chi connectivity index (χ0n) is 16.8. The fourth-order valence-corrected chi connectivity index (χ4v) is 6.04. The van der Waals surface area contributed by atoms with Gasteiger partial charge in [-0.3, -0.25) is 4.79 Å². The number of carbonyl (C=O) groups excluding carboxylic acids is 2. The lowest BCUT2D eigenvalue weighted by Crippen LogP contribution is -2.51. The second-order valence-corrected chi connectivity index (χ2v) is 12.0. The smallest absolute Gasteiger partial charge is 0.331 e. The van der Waals surface area contributed by atoms with Crippen LogP contribution in [-0.2, 0) is 50.9 Å². The number of esters is 1. The lowest BCUT2D eigenvalue weighted by molar-refractivity contribution is -0.149. The number of methoxy groups -OCH3 is 1. The summed E-state index contributed by atoms with van der Waals surface area (Å²) < 4.78 is 81.0. The highest BCUT2D eigenvalue weighted by atomic mass is 32.3. The van der Waals surface area contributed by atoms with Gasteiger partial charge in [-0.15, -0.1) is 0 Å². The maximum Gasteiger partial charge on any atom is 0.331 e. The van der Waals surface area contributed by atoms with Gasteiger partial charge in [0.05, 0.1) is 25.9 Å². The van der Waals surface area contributed by atoms with Crippen molar-refractivity contribution in [2.45, 2.75) is 18.9 Å². The molecular weight excluding hydrogens is 464 g/mol. The van der Waals surface area contributed by atoms with Crippen molar-refractivity contribution in [2.75, 3.05) is 29.6 Å². The van der Waals surface area contributed by atoms with Crippen LogP contribution in [0, 0.1) is 0 Å². The van der Waals surface area contributed by atoms with Crippen molar-refractivity contribution < 1.29 is 43.8 Å². The number of nitrogens with one attached hydrogen (secondary N) is 1. The molecule has 15 heteroatoms. The third kappa shape index (κ3) is 6.56.